The molecule has 11 heavy (non-hydrogen) atoms. The third-order valence-corrected chi connectivity index (χ3v) is 1.23. The van der Waals surface area contributed by atoms with E-state index in [1.165, 1.54) is 10.9 Å². The maximum Gasteiger partial charge on any atom is 0.219 e. The van der Waals surface area contributed by atoms with Gasteiger partial charge in [-0.3, -0.25) is 0 Å². The van der Waals surface area contributed by atoms with E-state index in [0.717, 1.165) is 0 Å². The largest absolute Gasteiger partial charge is 0.239 e. The number of nitrogens with zero attached hydrogens (tertiary/aromatic N) is 2. The van der Waals surface area contributed by atoms with Gasteiger partial charge < -0.3 is 0 Å². The Labute approximate surface area is 66.0 Å². The van der Waals surface area contributed by atoms with Gasteiger partial charge in [0, 0.05) is 6.54 Å². The average Bonchev–Trinajstić information content (AvgIpc) is 2.12. The van der Waals surface area contributed by atoms with Crippen LogP contribution in [0.4, 0.5) is 4.39 Å². The fourth-order valence-electron chi connectivity index (χ4n) is 0.837. The second kappa shape index (κ2) is 2.64. The summed E-state index contributed by atoms with van der Waals surface area (Å²) in [6.07, 6.45) is 1.35. The first-order valence-corrected chi connectivity index (χ1v) is 3.58. The zero-order valence-electron chi connectivity index (χ0n) is 7.06. The van der Waals surface area contributed by atoms with Crippen LogP contribution >= 0.6 is 0 Å². The Morgan fingerprint density at radius 3 is 2.64 bits per heavy atom. The molecule has 0 aromatic carbocycles. The number of hydrogen-bond donors (Lipinski definition) is 0. The highest BCUT2D eigenvalue weighted by Crippen LogP contribution is 2.15. The van der Waals surface area contributed by atoms with Crippen molar-refractivity contribution in [2.24, 2.45) is 5.41 Å². The summed E-state index contributed by atoms with van der Waals surface area (Å²) in [6.45, 7) is 6.69. The fraction of sp³-hybridized carbons (Fsp3) is 0.625. The average molecular weight is 155 g/mol. The van der Waals surface area contributed by atoms with E-state index in [-0.39, 0.29) is 11.4 Å². The molecular formula is C8H12FN2. The molecule has 0 saturated carbocycles. The lowest BCUT2D eigenvalue weighted by Crippen LogP contribution is -2.17. The molecule has 0 saturated heterocycles. The molecule has 1 heterocycles. The molecule has 1 radical (unpaired) electrons. The van der Waals surface area contributed by atoms with Crippen LogP contribution in [0.3, 0.4) is 0 Å². The number of aromatic nitrogens is 2. The summed E-state index contributed by atoms with van der Waals surface area (Å²) < 4.78 is 14.0. The normalized spacial score (nSPS) is 12.0. The van der Waals surface area contributed by atoms with Crippen molar-refractivity contribution >= 4 is 0 Å². The van der Waals surface area contributed by atoms with Crippen LogP contribution in [0.2, 0.25) is 0 Å². The van der Waals surface area contributed by atoms with Crippen molar-refractivity contribution in [1.82, 2.24) is 9.78 Å². The molecule has 1 aromatic rings. The van der Waals surface area contributed by atoms with Gasteiger partial charge in [0.25, 0.3) is 0 Å². The highest BCUT2D eigenvalue weighted by Gasteiger charge is 2.13. The molecule has 1 rings (SSSR count). The number of rotatable bonds is 1. The van der Waals surface area contributed by atoms with Crippen molar-refractivity contribution in [1.29, 1.82) is 0 Å². The summed E-state index contributed by atoms with van der Waals surface area (Å²) in [6, 6.07) is 2.38. The highest BCUT2D eigenvalue weighted by atomic mass is 19.1. The van der Waals surface area contributed by atoms with Crippen LogP contribution in [0.1, 0.15) is 20.8 Å². The van der Waals surface area contributed by atoms with Gasteiger partial charge in [0.2, 0.25) is 5.95 Å². The minimum absolute atomic E-state index is 0.0562. The summed E-state index contributed by atoms with van der Waals surface area (Å²) in [5.74, 6) is -0.389. The van der Waals surface area contributed by atoms with E-state index < -0.39 is 0 Å². The topological polar surface area (TPSA) is 17.8 Å². The van der Waals surface area contributed by atoms with Gasteiger partial charge in [-0.25, -0.2) is 4.68 Å². The van der Waals surface area contributed by atoms with E-state index in [0.29, 0.717) is 6.54 Å². The zero-order chi connectivity index (χ0) is 8.48. The molecule has 0 aliphatic heterocycles. The standard InChI is InChI=1S/C8H12FN2/c1-8(2,3)6-11-7(9)4-5-10-11/h5H,6H2,1-3H3. The zero-order valence-corrected chi connectivity index (χ0v) is 7.06. The van der Waals surface area contributed by atoms with Crippen molar-refractivity contribution in [2.45, 2.75) is 27.3 Å². The molecule has 0 spiro atoms. The maximum atomic E-state index is 12.7. The lowest BCUT2D eigenvalue weighted by molar-refractivity contribution is 0.295. The Kier molecular flexibility index (Phi) is 1.98. The molecule has 0 bridgehead atoms. The minimum Gasteiger partial charge on any atom is -0.239 e. The second-order valence-electron chi connectivity index (χ2n) is 3.80. The van der Waals surface area contributed by atoms with Crippen LogP contribution in [0.25, 0.3) is 0 Å². The van der Waals surface area contributed by atoms with Crippen molar-refractivity contribution in [3.63, 3.8) is 0 Å². The van der Waals surface area contributed by atoms with Crippen molar-refractivity contribution < 1.29 is 4.39 Å². The monoisotopic (exact) mass is 155 g/mol. The SMILES string of the molecule is CC(C)(C)Cn1nc[c]c1F. The molecular weight excluding hydrogens is 143 g/mol. The van der Waals surface area contributed by atoms with Crippen LogP contribution in [0.5, 0.6) is 0 Å². The van der Waals surface area contributed by atoms with E-state index >= 15 is 0 Å². The molecule has 0 aliphatic rings. The van der Waals surface area contributed by atoms with E-state index in [1.807, 2.05) is 20.8 Å². The molecule has 0 aliphatic carbocycles. The van der Waals surface area contributed by atoms with E-state index in [9.17, 15) is 4.39 Å². The van der Waals surface area contributed by atoms with Crippen LogP contribution in [0.15, 0.2) is 6.20 Å². The van der Waals surface area contributed by atoms with E-state index in [2.05, 4.69) is 11.2 Å². The smallest absolute Gasteiger partial charge is 0.219 e. The van der Waals surface area contributed by atoms with Crippen LogP contribution in [-0.2, 0) is 6.54 Å². The van der Waals surface area contributed by atoms with Crippen LogP contribution < -0.4 is 0 Å². The first kappa shape index (κ1) is 8.24. The molecule has 61 valence electrons. The maximum absolute atomic E-state index is 12.7. The molecule has 1 aromatic heterocycles. The first-order chi connectivity index (χ1) is 4.99. The highest BCUT2D eigenvalue weighted by molar-refractivity contribution is 4.81. The predicted molar refractivity (Wildman–Crippen MR) is 40.5 cm³/mol. The summed E-state index contributed by atoms with van der Waals surface area (Å²) in [4.78, 5) is 0. The number of halogens is 1. The quantitative estimate of drug-likeness (QED) is 0.605. The Balaban J connectivity index is 2.72. The first-order valence-electron chi connectivity index (χ1n) is 3.58. The van der Waals surface area contributed by atoms with E-state index in [1.54, 1.807) is 0 Å². The molecule has 2 nitrogen and oxygen atoms in total. The molecule has 0 amide bonds. The third kappa shape index (κ3) is 2.33. The lowest BCUT2D eigenvalue weighted by atomic mass is 9.97. The van der Waals surface area contributed by atoms with Gasteiger partial charge in [0.15, 0.2) is 0 Å². The Hall–Kier alpha value is -0.860. The summed E-state index contributed by atoms with van der Waals surface area (Å²) in [7, 11) is 0. The lowest BCUT2D eigenvalue weighted by Gasteiger charge is -2.17. The predicted octanol–water partition coefficient (Wildman–Crippen LogP) is 1.87. The molecule has 0 N–H and O–H groups in total. The van der Waals surface area contributed by atoms with Gasteiger partial charge in [0.05, 0.1) is 12.3 Å². The van der Waals surface area contributed by atoms with Gasteiger partial charge in [0.1, 0.15) is 0 Å². The summed E-state index contributed by atoms with van der Waals surface area (Å²) in [5.41, 5.74) is 0.0562. The van der Waals surface area contributed by atoms with Crippen molar-refractivity contribution in [3.05, 3.63) is 18.2 Å². The Bertz CT molecular complexity index is 234. The van der Waals surface area contributed by atoms with Crippen LogP contribution in [0, 0.1) is 17.4 Å². The summed E-state index contributed by atoms with van der Waals surface area (Å²) in [5, 5.41) is 3.79. The molecule has 0 atom stereocenters. The number of hydrogen-bond acceptors (Lipinski definition) is 1. The van der Waals surface area contributed by atoms with Crippen molar-refractivity contribution in [2.75, 3.05) is 0 Å². The minimum atomic E-state index is -0.389. The molecule has 0 fully saturated rings. The molecule has 3 heteroatoms. The summed E-state index contributed by atoms with van der Waals surface area (Å²) >= 11 is 0. The van der Waals surface area contributed by atoms with Gasteiger partial charge in [-0.05, 0) is 5.41 Å². The van der Waals surface area contributed by atoms with Crippen LogP contribution in [-0.4, -0.2) is 9.78 Å². The molecule has 0 unspecified atom stereocenters. The Morgan fingerprint density at radius 1 is 1.64 bits per heavy atom. The van der Waals surface area contributed by atoms with Crippen molar-refractivity contribution in [3.8, 4) is 0 Å². The third-order valence-electron chi connectivity index (χ3n) is 1.23. The van der Waals surface area contributed by atoms with Gasteiger partial charge in [-0.15, -0.1) is 0 Å². The van der Waals surface area contributed by atoms with E-state index in [4.69, 9.17) is 0 Å². The Morgan fingerprint density at radius 2 is 2.27 bits per heavy atom. The van der Waals surface area contributed by atoms with Gasteiger partial charge >= 0.3 is 0 Å². The van der Waals surface area contributed by atoms with Gasteiger partial charge in [-0.2, -0.15) is 9.49 Å². The fourth-order valence-corrected chi connectivity index (χ4v) is 0.837. The second-order valence-corrected chi connectivity index (χ2v) is 3.80. The van der Waals surface area contributed by atoms with Gasteiger partial charge in [-0.1, -0.05) is 20.8 Å².